The minimum Gasteiger partial charge on any atom is -0.366 e. The lowest BCUT2D eigenvalue weighted by Gasteiger charge is -2.17. The van der Waals surface area contributed by atoms with E-state index in [1.165, 1.54) is 24.3 Å². The van der Waals surface area contributed by atoms with Gasteiger partial charge in [-0.15, -0.1) is 0 Å². The SMILES string of the molecule is O=[N+]([O-])c1ccc2onc(NCC3(c4cc(F)cc(Br)c4)CC3)c2c1. The van der Waals surface area contributed by atoms with Gasteiger partial charge in [0.1, 0.15) is 5.82 Å². The molecule has 8 heteroatoms. The minimum absolute atomic E-state index is 0.0195. The van der Waals surface area contributed by atoms with Crippen LogP contribution in [-0.2, 0) is 5.41 Å². The van der Waals surface area contributed by atoms with Gasteiger partial charge in [0.05, 0.1) is 10.3 Å². The summed E-state index contributed by atoms with van der Waals surface area (Å²) in [5.74, 6) is 0.179. The molecule has 0 amide bonds. The number of nitro groups is 1. The zero-order chi connectivity index (χ0) is 17.6. The van der Waals surface area contributed by atoms with Crippen LogP contribution in [0.5, 0.6) is 0 Å². The molecule has 6 nitrogen and oxygen atoms in total. The summed E-state index contributed by atoms with van der Waals surface area (Å²) in [6.45, 7) is 0.549. The van der Waals surface area contributed by atoms with Crippen LogP contribution in [0.3, 0.4) is 0 Å². The summed E-state index contributed by atoms with van der Waals surface area (Å²) < 4.78 is 19.6. The van der Waals surface area contributed by atoms with Gasteiger partial charge in [-0.2, -0.15) is 0 Å². The summed E-state index contributed by atoms with van der Waals surface area (Å²) in [4.78, 5) is 10.5. The van der Waals surface area contributed by atoms with Crippen molar-refractivity contribution >= 4 is 38.4 Å². The third kappa shape index (κ3) is 2.97. The molecule has 1 heterocycles. The van der Waals surface area contributed by atoms with E-state index < -0.39 is 4.92 Å². The molecule has 0 atom stereocenters. The quantitative estimate of drug-likeness (QED) is 0.487. The fraction of sp³-hybridized carbons (Fsp3) is 0.235. The highest BCUT2D eigenvalue weighted by Gasteiger charge is 2.44. The number of non-ortho nitro benzene ring substituents is 1. The smallest absolute Gasteiger partial charge is 0.270 e. The topological polar surface area (TPSA) is 81.2 Å². The van der Waals surface area contributed by atoms with Gasteiger partial charge in [-0.25, -0.2) is 4.39 Å². The lowest BCUT2D eigenvalue weighted by molar-refractivity contribution is -0.384. The van der Waals surface area contributed by atoms with E-state index in [0.717, 1.165) is 18.4 Å². The molecule has 1 saturated carbocycles. The van der Waals surface area contributed by atoms with Crippen molar-refractivity contribution in [2.75, 3.05) is 11.9 Å². The zero-order valence-corrected chi connectivity index (χ0v) is 14.5. The Kier molecular flexibility index (Phi) is 3.72. The van der Waals surface area contributed by atoms with Gasteiger partial charge >= 0.3 is 0 Å². The summed E-state index contributed by atoms with van der Waals surface area (Å²) in [5.41, 5.74) is 1.22. The largest absolute Gasteiger partial charge is 0.366 e. The van der Waals surface area contributed by atoms with Crippen LogP contribution < -0.4 is 5.32 Å². The van der Waals surface area contributed by atoms with Gasteiger partial charge in [0.2, 0.25) is 0 Å². The van der Waals surface area contributed by atoms with Gasteiger partial charge in [-0.1, -0.05) is 21.1 Å². The van der Waals surface area contributed by atoms with Crippen LogP contribution in [0.25, 0.3) is 11.0 Å². The van der Waals surface area contributed by atoms with E-state index in [4.69, 9.17) is 4.52 Å². The number of hydrogen-bond donors (Lipinski definition) is 1. The second kappa shape index (κ2) is 5.80. The predicted octanol–water partition coefficient (Wildman–Crippen LogP) is 4.78. The minimum atomic E-state index is -0.455. The van der Waals surface area contributed by atoms with Crippen LogP contribution in [0.4, 0.5) is 15.9 Å². The summed E-state index contributed by atoms with van der Waals surface area (Å²) in [6.07, 6.45) is 1.87. The van der Waals surface area contributed by atoms with E-state index in [1.807, 2.05) is 6.07 Å². The lowest BCUT2D eigenvalue weighted by Crippen LogP contribution is -2.20. The molecule has 128 valence electrons. The van der Waals surface area contributed by atoms with Gasteiger partial charge in [0.25, 0.3) is 5.69 Å². The molecule has 1 aliphatic rings. The number of nitrogens with one attached hydrogen (secondary N) is 1. The van der Waals surface area contributed by atoms with E-state index in [9.17, 15) is 14.5 Å². The van der Waals surface area contributed by atoms with Gasteiger partial charge in [-0.3, -0.25) is 10.1 Å². The van der Waals surface area contributed by atoms with Crippen LogP contribution in [0.2, 0.25) is 0 Å². The molecular formula is C17H13BrFN3O3. The highest BCUT2D eigenvalue weighted by atomic mass is 79.9. The third-order valence-corrected chi connectivity index (χ3v) is 5.04. The number of nitrogens with zero attached hydrogens (tertiary/aromatic N) is 2. The molecule has 0 unspecified atom stereocenters. The number of nitro benzene ring substituents is 1. The summed E-state index contributed by atoms with van der Waals surface area (Å²) in [7, 11) is 0. The Morgan fingerprint density at radius 3 is 2.80 bits per heavy atom. The van der Waals surface area contributed by atoms with Crippen molar-refractivity contribution in [3.63, 3.8) is 0 Å². The van der Waals surface area contributed by atoms with Crippen LogP contribution in [0, 0.1) is 15.9 Å². The number of rotatable bonds is 5. The highest BCUT2D eigenvalue weighted by Crippen LogP contribution is 2.49. The van der Waals surface area contributed by atoms with Crippen molar-refractivity contribution in [1.29, 1.82) is 0 Å². The monoisotopic (exact) mass is 405 g/mol. The molecule has 1 aliphatic carbocycles. The fourth-order valence-electron chi connectivity index (χ4n) is 3.00. The Morgan fingerprint density at radius 2 is 2.12 bits per heavy atom. The predicted molar refractivity (Wildman–Crippen MR) is 94.2 cm³/mol. The maximum Gasteiger partial charge on any atom is 0.270 e. The first-order chi connectivity index (χ1) is 12.0. The molecule has 1 fully saturated rings. The van der Waals surface area contributed by atoms with E-state index in [1.54, 1.807) is 6.07 Å². The average molecular weight is 406 g/mol. The molecule has 1 N–H and O–H groups in total. The number of halogens is 2. The third-order valence-electron chi connectivity index (χ3n) is 4.59. The van der Waals surface area contributed by atoms with Crippen molar-refractivity contribution < 1.29 is 13.8 Å². The summed E-state index contributed by atoms with van der Waals surface area (Å²) in [6, 6.07) is 9.24. The molecule has 0 spiro atoms. The Morgan fingerprint density at radius 1 is 1.32 bits per heavy atom. The molecule has 1 aromatic heterocycles. The van der Waals surface area contributed by atoms with Crippen molar-refractivity contribution in [2.45, 2.75) is 18.3 Å². The second-order valence-electron chi connectivity index (χ2n) is 6.26. The Balaban J connectivity index is 1.60. The fourth-order valence-corrected chi connectivity index (χ4v) is 3.46. The Hall–Kier alpha value is -2.48. The standard InChI is InChI=1S/C17H13BrFN3O3/c18-11-5-10(6-12(19)7-11)17(3-4-17)9-20-16-14-8-13(22(23)24)1-2-15(14)25-21-16/h1-2,5-8H,3-4,9H2,(H,20,21). The number of aromatic nitrogens is 1. The summed E-state index contributed by atoms with van der Waals surface area (Å²) in [5, 5.41) is 18.7. The lowest BCUT2D eigenvalue weighted by atomic mass is 9.96. The van der Waals surface area contributed by atoms with Crippen molar-refractivity contribution in [3.05, 3.63) is 62.4 Å². The van der Waals surface area contributed by atoms with Gasteiger partial charge in [0.15, 0.2) is 11.4 Å². The maximum atomic E-state index is 13.7. The van der Waals surface area contributed by atoms with Crippen LogP contribution in [0.1, 0.15) is 18.4 Å². The second-order valence-corrected chi connectivity index (χ2v) is 7.18. The van der Waals surface area contributed by atoms with Gasteiger partial charge < -0.3 is 9.84 Å². The van der Waals surface area contributed by atoms with Gasteiger partial charge in [-0.05, 0) is 42.7 Å². The molecule has 0 saturated heterocycles. The first kappa shape index (κ1) is 16.0. The number of hydrogen-bond acceptors (Lipinski definition) is 5. The van der Waals surface area contributed by atoms with Gasteiger partial charge in [0, 0.05) is 28.6 Å². The van der Waals surface area contributed by atoms with Crippen LogP contribution in [-0.4, -0.2) is 16.6 Å². The Bertz CT molecular complexity index is 964. The molecule has 4 rings (SSSR count). The molecule has 0 bridgehead atoms. The Labute approximate surface area is 150 Å². The summed E-state index contributed by atoms with van der Waals surface area (Å²) >= 11 is 3.33. The van der Waals surface area contributed by atoms with Crippen molar-refractivity contribution in [2.24, 2.45) is 0 Å². The number of fused-ring (bicyclic) bond motifs is 1. The first-order valence-corrected chi connectivity index (χ1v) is 8.50. The van der Waals surface area contributed by atoms with Crippen molar-refractivity contribution in [3.8, 4) is 0 Å². The highest BCUT2D eigenvalue weighted by molar-refractivity contribution is 9.10. The maximum absolute atomic E-state index is 13.7. The molecule has 3 aromatic rings. The molecule has 2 aromatic carbocycles. The zero-order valence-electron chi connectivity index (χ0n) is 13.0. The van der Waals surface area contributed by atoms with E-state index in [2.05, 4.69) is 26.4 Å². The van der Waals surface area contributed by atoms with E-state index in [0.29, 0.717) is 27.8 Å². The van der Waals surface area contributed by atoms with E-state index in [-0.39, 0.29) is 16.9 Å². The number of anilines is 1. The molecule has 25 heavy (non-hydrogen) atoms. The van der Waals surface area contributed by atoms with E-state index >= 15 is 0 Å². The van der Waals surface area contributed by atoms with Crippen LogP contribution in [0.15, 0.2) is 45.4 Å². The molecule has 0 radical (unpaired) electrons. The van der Waals surface area contributed by atoms with Crippen LogP contribution >= 0.6 is 15.9 Å². The van der Waals surface area contributed by atoms with Crippen molar-refractivity contribution in [1.82, 2.24) is 5.16 Å². The average Bonchev–Trinajstić information content (AvgIpc) is 3.25. The first-order valence-electron chi connectivity index (χ1n) is 7.71. The molecule has 0 aliphatic heterocycles. The molecular weight excluding hydrogens is 393 g/mol. The normalized spacial score (nSPS) is 15.3. The number of benzene rings is 2.